The molecule has 1 aromatic heterocycles. The molecule has 1 heterocycles. The van der Waals surface area contributed by atoms with Gasteiger partial charge in [-0.15, -0.1) is 11.3 Å². The van der Waals surface area contributed by atoms with E-state index < -0.39 is 40.8 Å². The van der Waals surface area contributed by atoms with E-state index in [1.54, 1.807) is 11.4 Å². The number of ether oxygens (including phenoxy) is 1. The van der Waals surface area contributed by atoms with Crippen molar-refractivity contribution < 1.29 is 31.1 Å². The van der Waals surface area contributed by atoms with Gasteiger partial charge in [0, 0.05) is 10.4 Å². The van der Waals surface area contributed by atoms with E-state index in [1.165, 1.54) is 6.07 Å². The summed E-state index contributed by atoms with van der Waals surface area (Å²) in [7, 11) is 1.00. The summed E-state index contributed by atoms with van der Waals surface area (Å²) in [5.74, 6) is -0.548. The van der Waals surface area contributed by atoms with Crippen LogP contribution in [0, 0.1) is 0 Å². The fraction of sp³-hybridized carbons (Fsp3) is 0.286. The summed E-state index contributed by atoms with van der Waals surface area (Å²) in [6, 6.07) is 2.43. The third-order valence-electron chi connectivity index (χ3n) is 3.16. The van der Waals surface area contributed by atoms with E-state index in [-0.39, 0.29) is 6.07 Å². The summed E-state index contributed by atoms with van der Waals surface area (Å²) in [5.41, 5.74) is 2.43. The molecular formula is C14H11F6NOS. The Kier molecular flexibility index (Phi) is 4.63. The molecule has 0 unspecified atom stereocenters. The van der Waals surface area contributed by atoms with Crippen LogP contribution in [0.5, 0.6) is 5.75 Å². The molecule has 0 aliphatic heterocycles. The molecule has 0 amide bonds. The van der Waals surface area contributed by atoms with Crippen LogP contribution in [0.15, 0.2) is 29.6 Å². The number of methoxy groups -OCH3 is 1. The van der Waals surface area contributed by atoms with Gasteiger partial charge in [0.1, 0.15) is 5.75 Å². The second kappa shape index (κ2) is 6.04. The lowest BCUT2D eigenvalue weighted by Gasteiger charge is -2.22. The van der Waals surface area contributed by atoms with Gasteiger partial charge in [0.25, 0.3) is 0 Å². The molecule has 2 N–H and O–H groups in total. The average molecular weight is 355 g/mol. The van der Waals surface area contributed by atoms with Crippen LogP contribution in [-0.2, 0) is 12.4 Å². The Morgan fingerprint density at radius 1 is 1.09 bits per heavy atom. The SMILES string of the molecule is COc1cc(C(F)(F)F)cc(C(F)(F)F)c1[C@@H](N)c1cccs1. The van der Waals surface area contributed by atoms with Gasteiger partial charge in [0.15, 0.2) is 0 Å². The Bertz CT molecular complexity index is 678. The Labute approximate surface area is 131 Å². The van der Waals surface area contributed by atoms with Crippen molar-refractivity contribution in [3.63, 3.8) is 0 Å². The number of hydrogen-bond acceptors (Lipinski definition) is 3. The van der Waals surface area contributed by atoms with Gasteiger partial charge in [-0.1, -0.05) is 6.07 Å². The van der Waals surface area contributed by atoms with Gasteiger partial charge in [-0.3, -0.25) is 0 Å². The molecule has 0 aliphatic carbocycles. The van der Waals surface area contributed by atoms with Crippen LogP contribution >= 0.6 is 11.3 Å². The van der Waals surface area contributed by atoms with Crippen molar-refractivity contribution in [1.29, 1.82) is 0 Å². The molecule has 9 heteroatoms. The third-order valence-corrected chi connectivity index (χ3v) is 4.11. The smallest absolute Gasteiger partial charge is 0.416 e. The average Bonchev–Trinajstić information content (AvgIpc) is 2.97. The highest BCUT2D eigenvalue weighted by Gasteiger charge is 2.41. The third kappa shape index (κ3) is 3.61. The number of thiophene rings is 1. The van der Waals surface area contributed by atoms with Crippen LogP contribution in [0.25, 0.3) is 0 Å². The molecule has 0 bridgehead atoms. The number of nitrogens with two attached hydrogens (primary N) is 1. The van der Waals surface area contributed by atoms with Gasteiger partial charge in [-0.25, -0.2) is 0 Å². The predicted octanol–water partition coefficient (Wildman–Crippen LogP) is 4.84. The first-order chi connectivity index (χ1) is 10.6. The van der Waals surface area contributed by atoms with Crippen LogP contribution in [0.4, 0.5) is 26.3 Å². The highest BCUT2D eigenvalue weighted by molar-refractivity contribution is 7.10. The second-order valence-electron chi connectivity index (χ2n) is 4.63. The van der Waals surface area contributed by atoms with Crippen LogP contribution < -0.4 is 10.5 Å². The molecule has 0 saturated heterocycles. The van der Waals surface area contributed by atoms with Crippen molar-refractivity contribution in [3.05, 3.63) is 51.2 Å². The van der Waals surface area contributed by atoms with E-state index in [1.807, 2.05) is 0 Å². The van der Waals surface area contributed by atoms with Crippen LogP contribution in [0.1, 0.15) is 27.6 Å². The molecule has 0 radical (unpaired) electrons. The number of rotatable bonds is 3. The minimum atomic E-state index is -5.00. The zero-order chi connectivity index (χ0) is 17.4. The molecule has 23 heavy (non-hydrogen) atoms. The Balaban J connectivity index is 2.73. The molecule has 126 valence electrons. The van der Waals surface area contributed by atoms with E-state index >= 15 is 0 Å². The largest absolute Gasteiger partial charge is 0.496 e. The summed E-state index contributed by atoms with van der Waals surface area (Å²) in [4.78, 5) is 0.383. The van der Waals surface area contributed by atoms with E-state index in [9.17, 15) is 26.3 Å². The van der Waals surface area contributed by atoms with Crippen LogP contribution in [0.2, 0.25) is 0 Å². The molecule has 2 aromatic rings. The predicted molar refractivity (Wildman–Crippen MR) is 73.3 cm³/mol. The summed E-state index contributed by atoms with van der Waals surface area (Å²) in [6.45, 7) is 0. The van der Waals surface area contributed by atoms with Crippen molar-refractivity contribution in [2.45, 2.75) is 18.4 Å². The maximum Gasteiger partial charge on any atom is 0.416 e. The maximum absolute atomic E-state index is 13.3. The lowest BCUT2D eigenvalue weighted by molar-refractivity contribution is -0.143. The summed E-state index contributed by atoms with van der Waals surface area (Å²) >= 11 is 1.10. The zero-order valence-electron chi connectivity index (χ0n) is 11.6. The Morgan fingerprint density at radius 2 is 1.74 bits per heavy atom. The van der Waals surface area contributed by atoms with Crippen molar-refractivity contribution in [1.82, 2.24) is 0 Å². The fourth-order valence-corrected chi connectivity index (χ4v) is 2.86. The molecule has 0 saturated carbocycles. The number of hydrogen-bond donors (Lipinski definition) is 1. The summed E-state index contributed by atoms with van der Waals surface area (Å²) < 4.78 is 83.0. The first kappa shape index (κ1) is 17.6. The highest BCUT2D eigenvalue weighted by Crippen LogP contribution is 2.44. The summed E-state index contributed by atoms with van der Waals surface area (Å²) in [5, 5.41) is 1.61. The lowest BCUT2D eigenvalue weighted by atomic mass is 9.95. The molecule has 0 fully saturated rings. The van der Waals surface area contributed by atoms with E-state index in [4.69, 9.17) is 10.5 Å². The molecule has 2 nitrogen and oxygen atoms in total. The first-order valence-corrected chi connectivity index (χ1v) is 7.09. The number of alkyl halides is 6. The van der Waals surface area contributed by atoms with Gasteiger partial charge in [-0.05, 0) is 23.6 Å². The summed E-state index contributed by atoms with van der Waals surface area (Å²) in [6.07, 6.45) is -9.93. The molecule has 1 atom stereocenters. The topological polar surface area (TPSA) is 35.2 Å². The lowest BCUT2D eigenvalue weighted by Crippen LogP contribution is -2.20. The highest BCUT2D eigenvalue weighted by atomic mass is 32.1. The molecule has 0 aliphatic rings. The van der Waals surface area contributed by atoms with E-state index in [0.717, 1.165) is 18.4 Å². The standard InChI is InChI=1S/C14H11F6NOS/c1-22-9-6-7(13(15,16)17)5-8(14(18,19)20)11(9)12(21)10-3-2-4-23-10/h2-6,12H,21H2,1H3/t12-/m0/s1. The zero-order valence-corrected chi connectivity index (χ0v) is 12.4. The van der Waals surface area contributed by atoms with E-state index in [0.29, 0.717) is 10.9 Å². The maximum atomic E-state index is 13.3. The Hall–Kier alpha value is -1.74. The monoisotopic (exact) mass is 355 g/mol. The van der Waals surface area contributed by atoms with Crippen molar-refractivity contribution in [3.8, 4) is 5.75 Å². The van der Waals surface area contributed by atoms with Gasteiger partial charge in [0.05, 0.1) is 24.3 Å². The van der Waals surface area contributed by atoms with Gasteiger partial charge in [0.2, 0.25) is 0 Å². The van der Waals surface area contributed by atoms with Crippen molar-refractivity contribution in [2.24, 2.45) is 5.73 Å². The Morgan fingerprint density at radius 3 is 2.17 bits per heavy atom. The normalized spacial score (nSPS) is 13.9. The molecule has 1 aromatic carbocycles. The minimum Gasteiger partial charge on any atom is -0.496 e. The van der Waals surface area contributed by atoms with Crippen molar-refractivity contribution in [2.75, 3.05) is 7.11 Å². The second-order valence-corrected chi connectivity index (χ2v) is 5.61. The van der Waals surface area contributed by atoms with Gasteiger partial charge >= 0.3 is 12.4 Å². The minimum absolute atomic E-state index is 0.0608. The van der Waals surface area contributed by atoms with Crippen LogP contribution in [0.3, 0.4) is 0 Å². The quantitative estimate of drug-likeness (QED) is 0.800. The first-order valence-electron chi connectivity index (χ1n) is 6.21. The molecule has 0 spiro atoms. The molecule has 2 rings (SSSR count). The fourth-order valence-electron chi connectivity index (χ4n) is 2.12. The van der Waals surface area contributed by atoms with E-state index in [2.05, 4.69) is 0 Å². The van der Waals surface area contributed by atoms with Crippen LogP contribution in [-0.4, -0.2) is 7.11 Å². The van der Waals surface area contributed by atoms with Gasteiger partial charge < -0.3 is 10.5 Å². The number of halogens is 6. The van der Waals surface area contributed by atoms with Crippen molar-refractivity contribution >= 4 is 11.3 Å². The van der Waals surface area contributed by atoms with Gasteiger partial charge in [-0.2, -0.15) is 26.3 Å². The molecular weight excluding hydrogens is 344 g/mol. The number of benzene rings is 1.